The van der Waals surface area contributed by atoms with Crippen LogP contribution in [0.4, 0.5) is 0 Å². The molecule has 0 saturated carbocycles. The third kappa shape index (κ3) is 2.37. The monoisotopic (exact) mass is 242 g/mol. The number of hydrogen-bond acceptors (Lipinski definition) is 4. The number of esters is 1. The van der Waals surface area contributed by atoms with Gasteiger partial charge < -0.3 is 4.74 Å². The minimum atomic E-state index is -0.414. The highest BCUT2D eigenvalue weighted by molar-refractivity contribution is 5.90. The van der Waals surface area contributed by atoms with Gasteiger partial charge in [-0.25, -0.2) is 14.8 Å². The number of aromatic nitrogens is 2. The molecule has 2 rings (SSSR count). The molecule has 18 heavy (non-hydrogen) atoms. The summed E-state index contributed by atoms with van der Waals surface area (Å²) in [6, 6.07) is 7.92. The minimum Gasteiger partial charge on any atom is -0.465 e. The largest absolute Gasteiger partial charge is 0.465 e. The predicted molar refractivity (Wildman–Crippen MR) is 68.3 cm³/mol. The smallest absolute Gasteiger partial charge is 0.341 e. The van der Waals surface area contributed by atoms with Gasteiger partial charge in [0.25, 0.3) is 0 Å². The van der Waals surface area contributed by atoms with Gasteiger partial charge in [0, 0.05) is 11.8 Å². The Kier molecular flexibility index (Phi) is 3.37. The number of methoxy groups -OCH3 is 1. The number of ether oxygens (including phenoxy) is 1. The molecule has 4 nitrogen and oxygen atoms in total. The molecule has 0 aliphatic carbocycles. The molecule has 4 heteroatoms. The summed E-state index contributed by atoms with van der Waals surface area (Å²) in [5, 5.41) is 0. The van der Waals surface area contributed by atoms with Gasteiger partial charge in [-0.15, -0.1) is 0 Å². The maximum Gasteiger partial charge on any atom is 0.341 e. The van der Waals surface area contributed by atoms with Crippen molar-refractivity contribution in [2.24, 2.45) is 0 Å². The Morgan fingerprint density at radius 2 is 1.83 bits per heavy atom. The lowest BCUT2D eigenvalue weighted by atomic mass is 10.1. The average molecular weight is 242 g/mol. The van der Waals surface area contributed by atoms with Crippen LogP contribution in [-0.2, 0) is 4.74 Å². The lowest BCUT2D eigenvalue weighted by molar-refractivity contribution is 0.0599. The summed E-state index contributed by atoms with van der Waals surface area (Å²) in [7, 11) is 1.34. The molecule has 0 unspecified atom stereocenters. The van der Waals surface area contributed by atoms with Crippen molar-refractivity contribution in [3.8, 4) is 11.4 Å². The van der Waals surface area contributed by atoms with E-state index in [9.17, 15) is 4.79 Å². The number of carbonyl (C=O) groups excluding carboxylic acids is 1. The third-order valence-corrected chi connectivity index (χ3v) is 2.69. The van der Waals surface area contributed by atoms with Gasteiger partial charge in [-0.1, -0.05) is 29.8 Å². The molecular weight excluding hydrogens is 228 g/mol. The Morgan fingerprint density at radius 3 is 2.39 bits per heavy atom. The second kappa shape index (κ2) is 4.96. The Bertz CT molecular complexity index is 577. The summed E-state index contributed by atoms with van der Waals surface area (Å²) in [4.78, 5) is 20.0. The number of carbonyl (C=O) groups is 1. The quantitative estimate of drug-likeness (QED) is 0.759. The second-order valence-corrected chi connectivity index (χ2v) is 4.05. The van der Waals surface area contributed by atoms with Crippen LogP contribution in [-0.4, -0.2) is 23.0 Å². The molecule has 0 aliphatic heterocycles. The topological polar surface area (TPSA) is 52.1 Å². The predicted octanol–water partition coefficient (Wildman–Crippen LogP) is 2.55. The van der Waals surface area contributed by atoms with Gasteiger partial charge in [0.1, 0.15) is 0 Å². The van der Waals surface area contributed by atoms with Crippen molar-refractivity contribution < 1.29 is 9.53 Å². The van der Waals surface area contributed by atoms with Crippen molar-refractivity contribution in [1.82, 2.24) is 9.97 Å². The molecule has 0 N–H and O–H groups in total. The van der Waals surface area contributed by atoms with Crippen LogP contribution in [0.1, 0.15) is 21.6 Å². The summed E-state index contributed by atoms with van der Waals surface area (Å²) < 4.78 is 4.66. The lowest BCUT2D eigenvalue weighted by Gasteiger charge is -2.05. The van der Waals surface area contributed by atoms with Gasteiger partial charge >= 0.3 is 5.97 Å². The number of aryl methyl sites for hydroxylation is 2. The van der Waals surface area contributed by atoms with Gasteiger partial charge in [0.05, 0.1) is 18.4 Å². The molecule has 0 amide bonds. The standard InChI is InChI=1S/C14H14N2O2/c1-9-4-6-11(7-5-9)13-15-8-12(10(2)16-13)14(17)18-3/h4-8H,1-3H3. The highest BCUT2D eigenvalue weighted by Crippen LogP contribution is 2.17. The normalized spacial score (nSPS) is 10.2. The van der Waals surface area contributed by atoms with Crippen molar-refractivity contribution in [2.45, 2.75) is 13.8 Å². The van der Waals surface area contributed by atoms with E-state index in [-0.39, 0.29) is 0 Å². The van der Waals surface area contributed by atoms with Gasteiger partial charge in [-0.05, 0) is 13.8 Å². The minimum absolute atomic E-state index is 0.397. The second-order valence-electron chi connectivity index (χ2n) is 4.05. The number of hydrogen-bond donors (Lipinski definition) is 0. The highest BCUT2D eigenvalue weighted by Gasteiger charge is 2.12. The average Bonchev–Trinajstić information content (AvgIpc) is 2.38. The van der Waals surface area contributed by atoms with Gasteiger partial charge in [-0.3, -0.25) is 0 Å². The van der Waals surface area contributed by atoms with Gasteiger partial charge in [0.15, 0.2) is 5.82 Å². The van der Waals surface area contributed by atoms with Crippen LogP contribution in [0.2, 0.25) is 0 Å². The van der Waals surface area contributed by atoms with Crippen LogP contribution in [0.15, 0.2) is 30.5 Å². The molecule has 0 saturated heterocycles. The molecule has 1 aromatic heterocycles. The molecule has 0 radical (unpaired) electrons. The molecule has 0 spiro atoms. The zero-order valence-electron chi connectivity index (χ0n) is 10.6. The van der Waals surface area contributed by atoms with Crippen molar-refractivity contribution in [3.63, 3.8) is 0 Å². The zero-order valence-corrected chi connectivity index (χ0v) is 10.6. The van der Waals surface area contributed by atoms with Crippen LogP contribution >= 0.6 is 0 Å². The van der Waals surface area contributed by atoms with Crippen LogP contribution in [0.3, 0.4) is 0 Å². The zero-order chi connectivity index (χ0) is 13.1. The Balaban J connectivity index is 2.40. The van der Waals surface area contributed by atoms with Crippen molar-refractivity contribution >= 4 is 5.97 Å². The lowest BCUT2D eigenvalue weighted by Crippen LogP contribution is -2.07. The summed E-state index contributed by atoms with van der Waals surface area (Å²) in [5.41, 5.74) is 3.13. The summed E-state index contributed by atoms with van der Waals surface area (Å²) in [6.07, 6.45) is 1.50. The van der Waals surface area contributed by atoms with E-state index in [0.29, 0.717) is 17.1 Å². The summed E-state index contributed by atoms with van der Waals surface area (Å²) in [5.74, 6) is 0.197. The van der Waals surface area contributed by atoms with E-state index in [4.69, 9.17) is 0 Å². The molecule has 2 aromatic rings. The van der Waals surface area contributed by atoms with E-state index in [1.807, 2.05) is 31.2 Å². The fraction of sp³-hybridized carbons (Fsp3) is 0.214. The van der Waals surface area contributed by atoms with Crippen molar-refractivity contribution in [3.05, 3.63) is 47.3 Å². The van der Waals surface area contributed by atoms with E-state index in [1.54, 1.807) is 6.92 Å². The maximum atomic E-state index is 11.4. The molecule has 0 fully saturated rings. The number of benzene rings is 1. The number of nitrogens with zero attached hydrogens (tertiary/aromatic N) is 2. The Labute approximate surface area is 106 Å². The van der Waals surface area contributed by atoms with Crippen LogP contribution in [0.5, 0.6) is 0 Å². The third-order valence-electron chi connectivity index (χ3n) is 2.69. The molecule has 1 aromatic carbocycles. The first kappa shape index (κ1) is 12.2. The molecule has 1 heterocycles. The van der Waals surface area contributed by atoms with E-state index < -0.39 is 5.97 Å². The molecular formula is C14H14N2O2. The van der Waals surface area contributed by atoms with E-state index in [0.717, 1.165) is 5.56 Å². The van der Waals surface area contributed by atoms with Crippen LogP contribution < -0.4 is 0 Å². The van der Waals surface area contributed by atoms with E-state index >= 15 is 0 Å². The fourth-order valence-electron chi connectivity index (χ4n) is 1.62. The van der Waals surface area contributed by atoms with Crippen LogP contribution in [0.25, 0.3) is 11.4 Å². The molecule has 0 atom stereocenters. The first-order valence-corrected chi connectivity index (χ1v) is 5.61. The van der Waals surface area contributed by atoms with Gasteiger partial charge in [-0.2, -0.15) is 0 Å². The van der Waals surface area contributed by atoms with Crippen LogP contribution in [0, 0.1) is 13.8 Å². The molecule has 0 aliphatic rings. The van der Waals surface area contributed by atoms with E-state index in [1.165, 1.54) is 18.9 Å². The van der Waals surface area contributed by atoms with Crippen molar-refractivity contribution in [1.29, 1.82) is 0 Å². The fourth-order valence-corrected chi connectivity index (χ4v) is 1.62. The molecule has 92 valence electrons. The first-order chi connectivity index (χ1) is 8.61. The first-order valence-electron chi connectivity index (χ1n) is 5.61. The SMILES string of the molecule is COC(=O)c1cnc(-c2ccc(C)cc2)nc1C. The Morgan fingerprint density at radius 1 is 1.17 bits per heavy atom. The van der Waals surface area contributed by atoms with Crippen molar-refractivity contribution in [2.75, 3.05) is 7.11 Å². The maximum absolute atomic E-state index is 11.4. The number of rotatable bonds is 2. The summed E-state index contributed by atoms with van der Waals surface area (Å²) >= 11 is 0. The molecule has 0 bridgehead atoms. The highest BCUT2D eigenvalue weighted by atomic mass is 16.5. The van der Waals surface area contributed by atoms with Gasteiger partial charge in [0.2, 0.25) is 0 Å². The summed E-state index contributed by atoms with van der Waals surface area (Å²) in [6.45, 7) is 3.79. The van der Waals surface area contributed by atoms with E-state index in [2.05, 4.69) is 14.7 Å². The Hall–Kier alpha value is -2.23.